The van der Waals surface area contributed by atoms with Crippen molar-refractivity contribution in [1.29, 1.82) is 0 Å². The minimum atomic E-state index is -0.266. The number of nitrogens with two attached hydrogens (primary N) is 1. The average molecular weight is 687 g/mol. The highest BCUT2D eigenvalue weighted by molar-refractivity contribution is 6.04. The van der Waals surface area contributed by atoms with Crippen LogP contribution in [-0.4, -0.2) is 72.5 Å². The van der Waals surface area contributed by atoms with Gasteiger partial charge in [0.2, 0.25) is 11.7 Å². The molecule has 1 atom stereocenters. The van der Waals surface area contributed by atoms with Gasteiger partial charge in [-0.3, -0.25) is 28.7 Å². The van der Waals surface area contributed by atoms with Crippen molar-refractivity contribution in [2.45, 2.75) is 38.6 Å². The van der Waals surface area contributed by atoms with Crippen LogP contribution >= 0.6 is 0 Å². The maximum absolute atomic E-state index is 13.4. The molecule has 2 aliphatic rings. The van der Waals surface area contributed by atoms with E-state index >= 15 is 0 Å². The molecular formula is C38H38N8O5. The standard InChI is InChI=1S/C38H38N8O5/c1-22-12-27-18-40-29-17-33(23(2)13-28(29)37(49)46(27)19-22)51-11-5-6-35(48)41-34-21-44(4)36(42-34)32(47)15-24-14-31(43(3)20-24)38(50)45-10-9-25-16-26(39)7-8-30(25)45/h7-10,13-14,16-18,20-21,27H,1,5-6,11-12,15,19,39H2,2-4H3,(H,41,48)/t27-/m0/s1. The van der Waals surface area contributed by atoms with Gasteiger partial charge in [-0.05, 0) is 67.3 Å². The highest BCUT2D eigenvalue weighted by atomic mass is 16.5. The molecule has 13 heteroatoms. The maximum Gasteiger partial charge on any atom is 0.278 e. The number of anilines is 2. The number of amides is 2. The van der Waals surface area contributed by atoms with E-state index in [2.05, 4.69) is 21.9 Å². The lowest BCUT2D eigenvalue weighted by molar-refractivity contribution is -0.116. The van der Waals surface area contributed by atoms with Crippen molar-refractivity contribution in [3.05, 3.63) is 101 Å². The molecule has 0 aliphatic carbocycles. The minimum Gasteiger partial charge on any atom is -0.493 e. The highest BCUT2D eigenvalue weighted by Crippen LogP contribution is 2.35. The van der Waals surface area contributed by atoms with Crippen LogP contribution in [0, 0.1) is 6.92 Å². The Labute approximate surface area is 294 Å². The number of nitrogens with zero attached hydrogens (tertiary/aromatic N) is 6. The van der Waals surface area contributed by atoms with Crippen LogP contribution in [0.4, 0.5) is 17.2 Å². The van der Waals surface area contributed by atoms with Crippen molar-refractivity contribution in [3.63, 3.8) is 0 Å². The SMILES string of the molecule is C=C1C[C@H]2C=Nc3cc(OCCCC(=O)Nc4cn(C)c(C(=O)Cc5cc(C(=O)n6ccc7cc(N)ccc76)n(C)c5)n4)c(C)cc3C(=O)N2C1. The number of fused-ring (bicyclic) bond motifs is 3. The lowest BCUT2D eigenvalue weighted by Crippen LogP contribution is -2.35. The molecule has 1 saturated heterocycles. The summed E-state index contributed by atoms with van der Waals surface area (Å²) in [6, 6.07) is 12.4. The van der Waals surface area contributed by atoms with Gasteiger partial charge in [-0.2, -0.15) is 0 Å². The van der Waals surface area contributed by atoms with Crippen molar-refractivity contribution in [3.8, 4) is 5.75 Å². The van der Waals surface area contributed by atoms with Gasteiger partial charge >= 0.3 is 0 Å². The second-order valence-electron chi connectivity index (χ2n) is 13.2. The summed E-state index contributed by atoms with van der Waals surface area (Å²) >= 11 is 0. The summed E-state index contributed by atoms with van der Waals surface area (Å²) in [6.45, 7) is 6.71. The third-order valence-corrected chi connectivity index (χ3v) is 9.24. The zero-order valence-electron chi connectivity index (χ0n) is 28.7. The summed E-state index contributed by atoms with van der Waals surface area (Å²) in [7, 11) is 3.45. The molecule has 51 heavy (non-hydrogen) atoms. The van der Waals surface area contributed by atoms with Crippen LogP contribution in [0.2, 0.25) is 0 Å². The van der Waals surface area contributed by atoms with E-state index in [9.17, 15) is 19.2 Å². The van der Waals surface area contributed by atoms with E-state index in [-0.39, 0.29) is 60.6 Å². The second-order valence-corrected chi connectivity index (χ2v) is 13.2. The van der Waals surface area contributed by atoms with Crippen molar-refractivity contribution in [2.75, 3.05) is 24.2 Å². The van der Waals surface area contributed by atoms with E-state index in [1.54, 1.807) is 87.8 Å². The zero-order valence-corrected chi connectivity index (χ0v) is 28.7. The molecule has 13 nitrogen and oxygen atoms in total. The van der Waals surface area contributed by atoms with Crippen LogP contribution in [0.25, 0.3) is 10.9 Å². The summed E-state index contributed by atoms with van der Waals surface area (Å²) in [5.74, 6) is 0.247. The van der Waals surface area contributed by atoms with E-state index in [4.69, 9.17) is 10.5 Å². The summed E-state index contributed by atoms with van der Waals surface area (Å²) in [5.41, 5.74) is 11.3. The fourth-order valence-electron chi connectivity index (χ4n) is 6.69. The molecule has 5 aromatic rings. The van der Waals surface area contributed by atoms with E-state index in [0.717, 1.165) is 22.0 Å². The first-order chi connectivity index (χ1) is 24.4. The third kappa shape index (κ3) is 6.57. The van der Waals surface area contributed by atoms with E-state index in [0.29, 0.717) is 53.3 Å². The molecule has 0 bridgehead atoms. The van der Waals surface area contributed by atoms with Gasteiger partial charge in [0.05, 0.1) is 29.4 Å². The normalized spacial score (nSPS) is 15.2. The Hall–Kier alpha value is -6.24. The van der Waals surface area contributed by atoms with Gasteiger partial charge in [-0.25, -0.2) is 4.98 Å². The Balaban J connectivity index is 0.922. The number of benzene rings is 2. The molecule has 7 rings (SSSR count). The number of Topliss-reactive ketones (excluding diaryl/α,β-unsaturated/α-hetero) is 1. The molecule has 0 unspecified atom stereocenters. The predicted octanol–water partition coefficient (Wildman–Crippen LogP) is 5.00. The first kappa shape index (κ1) is 33.3. The van der Waals surface area contributed by atoms with Gasteiger partial charge in [-0.15, -0.1) is 0 Å². The number of imidazole rings is 1. The van der Waals surface area contributed by atoms with Crippen molar-refractivity contribution in [2.24, 2.45) is 19.1 Å². The van der Waals surface area contributed by atoms with Crippen molar-refractivity contribution in [1.82, 2.24) is 23.6 Å². The average Bonchev–Trinajstić information content (AvgIpc) is 3.85. The zero-order chi connectivity index (χ0) is 36.0. The first-order valence-electron chi connectivity index (χ1n) is 16.7. The van der Waals surface area contributed by atoms with Gasteiger partial charge in [0.1, 0.15) is 11.4 Å². The summed E-state index contributed by atoms with van der Waals surface area (Å²) in [5, 5.41) is 3.62. The number of carbonyl (C=O) groups excluding carboxylic acids is 4. The molecule has 3 aromatic heterocycles. The monoisotopic (exact) mass is 686 g/mol. The Morgan fingerprint density at radius 2 is 1.90 bits per heavy atom. The summed E-state index contributed by atoms with van der Waals surface area (Å²) in [4.78, 5) is 63.3. The number of carbonyl (C=O) groups is 4. The largest absolute Gasteiger partial charge is 0.493 e. The Kier molecular flexibility index (Phi) is 8.63. The molecule has 2 aliphatic heterocycles. The molecule has 2 amide bonds. The van der Waals surface area contributed by atoms with Gasteiger partial charge in [0.25, 0.3) is 11.8 Å². The van der Waals surface area contributed by atoms with Crippen LogP contribution in [0.5, 0.6) is 5.75 Å². The quantitative estimate of drug-likeness (QED) is 0.0905. The third-order valence-electron chi connectivity index (χ3n) is 9.24. The van der Waals surface area contributed by atoms with E-state index in [1.165, 1.54) is 0 Å². The van der Waals surface area contributed by atoms with Crippen LogP contribution < -0.4 is 15.8 Å². The van der Waals surface area contributed by atoms with Gasteiger partial charge in [0, 0.05) is 75.4 Å². The lowest BCUT2D eigenvalue weighted by Gasteiger charge is -2.20. The van der Waals surface area contributed by atoms with Crippen molar-refractivity contribution >= 4 is 57.8 Å². The van der Waals surface area contributed by atoms with Crippen LogP contribution in [0.15, 0.2) is 78.2 Å². The van der Waals surface area contributed by atoms with Crippen molar-refractivity contribution < 1.29 is 23.9 Å². The van der Waals surface area contributed by atoms with E-state index < -0.39 is 0 Å². The highest BCUT2D eigenvalue weighted by Gasteiger charge is 2.34. The topological polar surface area (TPSA) is 159 Å². The number of ether oxygens (including phenoxy) is 1. The minimum absolute atomic E-state index is 0.0236. The maximum atomic E-state index is 13.4. The predicted molar refractivity (Wildman–Crippen MR) is 194 cm³/mol. The molecule has 260 valence electrons. The molecule has 0 radical (unpaired) electrons. The molecule has 0 saturated carbocycles. The molecule has 5 heterocycles. The van der Waals surface area contributed by atoms with Crippen LogP contribution in [-0.2, 0) is 25.3 Å². The number of hydrogen-bond donors (Lipinski definition) is 2. The number of aliphatic imine (C=N–C) groups is 1. The summed E-state index contributed by atoms with van der Waals surface area (Å²) < 4.78 is 10.8. The van der Waals surface area contributed by atoms with Gasteiger partial charge in [-0.1, -0.05) is 12.2 Å². The number of nitrogen functional groups attached to an aromatic ring is 1. The summed E-state index contributed by atoms with van der Waals surface area (Å²) in [6.07, 6.45) is 8.19. The fourth-order valence-corrected chi connectivity index (χ4v) is 6.69. The number of aromatic nitrogens is 4. The second kappa shape index (κ2) is 13.2. The Morgan fingerprint density at radius 1 is 1.08 bits per heavy atom. The number of hydrogen-bond acceptors (Lipinski definition) is 8. The van der Waals surface area contributed by atoms with Gasteiger partial charge in [0.15, 0.2) is 11.6 Å². The first-order valence-corrected chi connectivity index (χ1v) is 16.7. The molecular weight excluding hydrogens is 648 g/mol. The smallest absolute Gasteiger partial charge is 0.278 e. The lowest BCUT2D eigenvalue weighted by atomic mass is 10.1. The molecule has 3 N–H and O–H groups in total. The number of aryl methyl sites for hydroxylation is 3. The molecule has 0 spiro atoms. The Bertz CT molecular complexity index is 2290. The molecule has 2 aromatic carbocycles. The van der Waals surface area contributed by atoms with Gasteiger partial charge < -0.3 is 29.8 Å². The number of ketones is 1. The number of nitrogens with one attached hydrogen (secondary N) is 1. The van der Waals surface area contributed by atoms with Crippen LogP contribution in [0.1, 0.15) is 61.9 Å². The molecule has 1 fully saturated rings. The Morgan fingerprint density at radius 3 is 2.73 bits per heavy atom. The fraction of sp³-hybridized carbons (Fsp3) is 0.263. The van der Waals surface area contributed by atoms with E-state index in [1.807, 2.05) is 19.1 Å². The van der Waals surface area contributed by atoms with Crippen LogP contribution in [0.3, 0.4) is 0 Å². The number of rotatable bonds is 10.